The fourth-order valence-electron chi connectivity index (χ4n) is 2.10. The molecule has 3 nitrogen and oxygen atoms in total. The molecule has 2 aromatic rings. The van der Waals surface area contributed by atoms with Crippen molar-refractivity contribution in [2.24, 2.45) is 0 Å². The number of aryl methyl sites for hydroxylation is 1. The number of aliphatic hydroxyl groups excluding tert-OH is 1. The van der Waals surface area contributed by atoms with Crippen LogP contribution in [-0.2, 0) is 13.1 Å². The molecule has 0 aliphatic heterocycles. The van der Waals surface area contributed by atoms with E-state index in [0.717, 1.165) is 11.1 Å². The number of benzene rings is 1. The second kappa shape index (κ2) is 7.12. The Balaban J connectivity index is 2.06. The molecule has 1 N–H and O–H groups in total. The normalized spacial score (nSPS) is 11.0. The Morgan fingerprint density at radius 3 is 2.65 bits per heavy atom. The lowest BCUT2D eigenvalue weighted by atomic mass is 10.1. The summed E-state index contributed by atoms with van der Waals surface area (Å²) in [7, 11) is 0. The van der Waals surface area contributed by atoms with Crippen molar-refractivity contribution in [2.45, 2.75) is 20.0 Å². The number of halogens is 1. The zero-order valence-electron chi connectivity index (χ0n) is 11.6. The van der Waals surface area contributed by atoms with Crippen LogP contribution in [0.2, 0.25) is 0 Å². The summed E-state index contributed by atoms with van der Waals surface area (Å²) in [5.74, 6) is -0.187. The second-order valence-electron chi connectivity index (χ2n) is 4.88. The van der Waals surface area contributed by atoms with E-state index < -0.39 is 0 Å². The first-order valence-corrected chi connectivity index (χ1v) is 6.66. The minimum Gasteiger partial charge on any atom is -0.395 e. The minimum atomic E-state index is -0.187. The summed E-state index contributed by atoms with van der Waals surface area (Å²) in [5.41, 5.74) is 2.63. The summed E-state index contributed by atoms with van der Waals surface area (Å²) in [5, 5.41) is 9.16. The van der Waals surface area contributed by atoms with E-state index in [1.165, 1.54) is 0 Å². The molecule has 0 bridgehead atoms. The second-order valence-corrected chi connectivity index (χ2v) is 4.88. The van der Waals surface area contributed by atoms with E-state index in [9.17, 15) is 4.39 Å². The van der Waals surface area contributed by atoms with Gasteiger partial charge in [0, 0.05) is 32.0 Å². The third-order valence-corrected chi connectivity index (χ3v) is 3.19. The quantitative estimate of drug-likeness (QED) is 0.879. The molecule has 1 aromatic carbocycles. The lowest BCUT2D eigenvalue weighted by molar-refractivity contribution is 0.184. The van der Waals surface area contributed by atoms with Crippen LogP contribution in [0.15, 0.2) is 42.7 Å². The number of rotatable bonds is 6. The van der Waals surface area contributed by atoms with Crippen LogP contribution in [0.4, 0.5) is 4.39 Å². The van der Waals surface area contributed by atoms with E-state index in [4.69, 9.17) is 5.11 Å². The van der Waals surface area contributed by atoms with Gasteiger partial charge in [0.05, 0.1) is 6.61 Å². The van der Waals surface area contributed by atoms with Gasteiger partial charge in [-0.2, -0.15) is 0 Å². The van der Waals surface area contributed by atoms with Gasteiger partial charge in [0.1, 0.15) is 5.82 Å². The van der Waals surface area contributed by atoms with E-state index in [2.05, 4.69) is 9.88 Å². The topological polar surface area (TPSA) is 36.4 Å². The smallest absolute Gasteiger partial charge is 0.126 e. The minimum absolute atomic E-state index is 0.0780. The zero-order chi connectivity index (χ0) is 14.4. The molecule has 0 saturated heterocycles. The molecule has 0 amide bonds. The molecule has 20 heavy (non-hydrogen) atoms. The van der Waals surface area contributed by atoms with Gasteiger partial charge in [-0.1, -0.05) is 18.2 Å². The van der Waals surface area contributed by atoms with Crippen LogP contribution >= 0.6 is 0 Å². The van der Waals surface area contributed by atoms with Gasteiger partial charge in [0.25, 0.3) is 0 Å². The molecule has 1 heterocycles. The summed E-state index contributed by atoms with van der Waals surface area (Å²) in [6, 6.07) is 9.14. The Bertz CT molecular complexity index is 545. The Morgan fingerprint density at radius 2 is 2.00 bits per heavy atom. The lowest BCUT2D eigenvalue weighted by Crippen LogP contribution is -2.26. The summed E-state index contributed by atoms with van der Waals surface area (Å²) in [6.07, 6.45) is 3.54. The molecule has 0 aliphatic carbocycles. The summed E-state index contributed by atoms with van der Waals surface area (Å²) in [4.78, 5) is 6.15. The molecule has 0 fully saturated rings. The Hall–Kier alpha value is -1.78. The Kier molecular flexibility index (Phi) is 5.21. The van der Waals surface area contributed by atoms with Gasteiger partial charge in [-0.15, -0.1) is 0 Å². The maximum absolute atomic E-state index is 13.6. The van der Waals surface area contributed by atoms with Gasteiger partial charge in [-0.3, -0.25) is 9.88 Å². The summed E-state index contributed by atoms with van der Waals surface area (Å²) >= 11 is 0. The largest absolute Gasteiger partial charge is 0.395 e. The van der Waals surface area contributed by atoms with Crippen LogP contribution < -0.4 is 0 Å². The number of pyridine rings is 1. The van der Waals surface area contributed by atoms with E-state index in [1.807, 2.05) is 18.2 Å². The van der Waals surface area contributed by atoms with Crippen LogP contribution in [0.3, 0.4) is 0 Å². The number of nitrogens with zero attached hydrogens (tertiary/aromatic N) is 2. The number of hydrogen-bond acceptors (Lipinski definition) is 3. The molecule has 4 heteroatoms. The van der Waals surface area contributed by atoms with Crippen molar-refractivity contribution in [1.29, 1.82) is 0 Å². The molecule has 0 unspecified atom stereocenters. The van der Waals surface area contributed by atoms with Gasteiger partial charge in [-0.05, 0) is 35.7 Å². The number of aromatic nitrogens is 1. The van der Waals surface area contributed by atoms with Gasteiger partial charge < -0.3 is 5.11 Å². The maximum Gasteiger partial charge on any atom is 0.126 e. The average molecular weight is 274 g/mol. The van der Waals surface area contributed by atoms with Gasteiger partial charge >= 0.3 is 0 Å². The van der Waals surface area contributed by atoms with Crippen molar-refractivity contribution in [1.82, 2.24) is 9.88 Å². The van der Waals surface area contributed by atoms with Crippen molar-refractivity contribution in [3.63, 3.8) is 0 Å². The molecule has 2 rings (SSSR count). The summed E-state index contributed by atoms with van der Waals surface area (Å²) in [6.45, 7) is 3.66. The van der Waals surface area contributed by atoms with E-state index in [-0.39, 0.29) is 12.4 Å². The van der Waals surface area contributed by atoms with Crippen LogP contribution in [0.5, 0.6) is 0 Å². The molecule has 0 radical (unpaired) electrons. The first-order chi connectivity index (χ1) is 9.69. The number of hydrogen-bond donors (Lipinski definition) is 1. The van der Waals surface area contributed by atoms with Crippen molar-refractivity contribution >= 4 is 0 Å². The standard InChI is InChI=1S/C16H19FN2O/c1-13-4-5-14(9-16(13)17)11-19(7-8-20)12-15-3-2-6-18-10-15/h2-6,9-10,20H,7-8,11-12H2,1H3. The van der Waals surface area contributed by atoms with Crippen molar-refractivity contribution < 1.29 is 9.50 Å². The maximum atomic E-state index is 13.6. The third kappa shape index (κ3) is 4.11. The molecule has 0 saturated carbocycles. The predicted molar refractivity (Wildman–Crippen MR) is 76.6 cm³/mol. The highest BCUT2D eigenvalue weighted by Crippen LogP contribution is 2.13. The first kappa shape index (κ1) is 14.6. The van der Waals surface area contributed by atoms with Crippen molar-refractivity contribution in [3.05, 3.63) is 65.2 Å². The predicted octanol–water partition coefficient (Wildman–Crippen LogP) is 2.52. The molecule has 1 aromatic heterocycles. The van der Waals surface area contributed by atoms with E-state index in [0.29, 0.717) is 25.2 Å². The molecule has 0 aliphatic rings. The van der Waals surface area contributed by atoms with Gasteiger partial charge in [0.15, 0.2) is 0 Å². The van der Waals surface area contributed by atoms with E-state index >= 15 is 0 Å². The van der Waals surface area contributed by atoms with E-state index in [1.54, 1.807) is 31.5 Å². The first-order valence-electron chi connectivity index (χ1n) is 6.66. The van der Waals surface area contributed by atoms with Crippen LogP contribution in [0.25, 0.3) is 0 Å². The van der Waals surface area contributed by atoms with Gasteiger partial charge in [-0.25, -0.2) is 4.39 Å². The summed E-state index contributed by atoms with van der Waals surface area (Å²) < 4.78 is 13.6. The van der Waals surface area contributed by atoms with Crippen LogP contribution in [-0.4, -0.2) is 28.1 Å². The molecule has 106 valence electrons. The molecular weight excluding hydrogens is 255 g/mol. The fraction of sp³-hybridized carbons (Fsp3) is 0.312. The molecule has 0 atom stereocenters. The fourth-order valence-corrected chi connectivity index (χ4v) is 2.10. The highest BCUT2D eigenvalue weighted by molar-refractivity contribution is 5.23. The third-order valence-electron chi connectivity index (χ3n) is 3.19. The van der Waals surface area contributed by atoms with Crippen LogP contribution in [0, 0.1) is 12.7 Å². The SMILES string of the molecule is Cc1ccc(CN(CCO)Cc2cccnc2)cc1F. The van der Waals surface area contributed by atoms with Crippen molar-refractivity contribution in [2.75, 3.05) is 13.2 Å². The average Bonchev–Trinajstić information content (AvgIpc) is 2.44. The Labute approximate surface area is 118 Å². The molecular formula is C16H19FN2O. The zero-order valence-corrected chi connectivity index (χ0v) is 11.6. The molecule has 0 spiro atoms. The lowest BCUT2D eigenvalue weighted by Gasteiger charge is -2.21. The Morgan fingerprint density at radius 1 is 1.20 bits per heavy atom. The number of aliphatic hydroxyl groups is 1. The highest BCUT2D eigenvalue weighted by atomic mass is 19.1. The van der Waals surface area contributed by atoms with Crippen LogP contribution in [0.1, 0.15) is 16.7 Å². The highest BCUT2D eigenvalue weighted by Gasteiger charge is 2.08. The van der Waals surface area contributed by atoms with Crippen molar-refractivity contribution in [3.8, 4) is 0 Å². The van der Waals surface area contributed by atoms with Gasteiger partial charge in [0.2, 0.25) is 0 Å². The monoisotopic (exact) mass is 274 g/mol.